The molecule has 0 radical (unpaired) electrons. The first-order valence-corrected chi connectivity index (χ1v) is 7.27. The van der Waals surface area contributed by atoms with Gasteiger partial charge in [-0.1, -0.05) is 57.9 Å². The van der Waals surface area contributed by atoms with Crippen molar-refractivity contribution in [3.05, 3.63) is 12.2 Å². The maximum absolute atomic E-state index is 5.30. The largest absolute Gasteiger partial charge is 0.476 e. The highest BCUT2D eigenvalue weighted by atomic mass is 16.5. The molecule has 0 amide bonds. The average molecular weight is 237 g/mol. The highest BCUT2D eigenvalue weighted by Gasteiger charge is 2.00. The van der Waals surface area contributed by atoms with E-state index in [1.54, 1.807) is 0 Å². The summed E-state index contributed by atoms with van der Waals surface area (Å²) >= 11 is 0. The Labute approximate surface area is 106 Å². The first kappa shape index (κ1) is 14.3. The van der Waals surface area contributed by atoms with Crippen molar-refractivity contribution in [3.8, 4) is 0 Å². The van der Waals surface area contributed by atoms with Crippen LogP contribution in [0, 0.1) is 0 Å². The fourth-order valence-corrected chi connectivity index (χ4v) is 2.03. The lowest BCUT2D eigenvalue weighted by atomic mass is 10.1. The van der Waals surface area contributed by atoms with E-state index in [9.17, 15) is 0 Å². The standard InChI is InChI=1S/C15H27NO/c1-2-3-4-5-6-7-8-9-10-11-12-15-16-13-14-17-15/h11-12H,2-10,13-14H2,1H3/b12-11+. The van der Waals surface area contributed by atoms with Gasteiger partial charge in [0.1, 0.15) is 6.61 Å². The molecular formula is C15H27NO. The highest BCUT2D eigenvalue weighted by Crippen LogP contribution is 2.09. The number of allylic oxidation sites excluding steroid dienone is 1. The summed E-state index contributed by atoms with van der Waals surface area (Å²) in [5.74, 6) is 0.824. The van der Waals surface area contributed by atoms with Crippen LogP contribution < -0.4 is 0 Å². The van der Waals surface area contributed by atoms with Gasteiger partial charge in [0.05, 0.1) is 6.54 Å². The SMILES string of the molecule is CCCCCCCCCC/C=C/C1=NCCO1. The molecule has 98 valence electrons. The number of hydrogen-bond acceptors (Lipinski definition) is 2. The van der Waals surface area contributed by atoms with Crippen molar-refractivity contribution in [2.75, 3.05) is 13.2 Å². The summed E-state index contributed by atoms with van der Waals surface area (Å²) in [6.07, 6.45) is 16.5. The lowest BCUT2D eigenvalue weighted by molar-refractivity contribution is 0.350. The molecule has 0 fully saturated rings. The Morgan fingerprint density at radius 1 is 1.06 bits per heavy atom. The Morgan fingerprint density at radius 2 is 1.76 bits per heavy atom. The molecular weight excluding hydrogens is 210 g/mol. The number of rotatable bonds is 10. The molecule has 1 heterocycles. The molecule has 0 aromatic heterocycles. The molecule has 0 saturated heterocycles. The zero-order valence-corrected chi connectivity index (χ0v) is 11.3. The number of unbranched alkanes of at least 4 members (excludes halogenated alkanes) is 8. The van der Waals surface area contributed by atoms with Crippen molar-refractivity contribution in [1.82, 2.24) is 0 Å². The minimum Gasteiger partial charge on any atom is -0.476 e. The number of ether oxygens (including phenoxy) is 1. The van der Waals surface area contributed by atoms with Crippen molar-refractivity contribution in [2.45, 2.75) is 64.7 Å². The molecule has 0 atom stereocenters. The van der Waals surface area contributed by atoms with E-state index in [4.69, 9.17) is 4.74 Å². The molecule has 0 unspecified atom stereocenters. The van der Waals surface area contributed by atoms with Gasteiger partial charge < -0.3 is 4.74 Å². The van der Waals surface area contributed by atoms with E-state index in [2.05, 4.69) is 18.0 Å². The molecule has 1 aliphatic heterocycles. The molecule has 0 aromatic carbocycles. The monoisotopic (exact) mass is 237 g/mol. The Kier molecular flexibility index (Phi) is 8.71. The zero-order chi connectivity index (χ0) is 12.2. The first-order valence-electron chi connectivity index (χ1n) is 7.27. The van der Waals surface area contributed by atoms with E-state index in [1.807, 2.05) is 6.08 Å². The van der Waals surface area contributed by atoms with Crippen LogP contribution in [0.1, 0.15) is 64.7 Å². The molecule has 1 rings (SSSR count). The lowest BCUT2D eigenvalue weighted by Crippen LogP contribution is -1.92. The second-order valence-electron chi connectivity index (χ2n) is 4.73. The third kappa shape index (κ3) is 8.00. The van der Waals surface area contributed by atoms with Gasteiger partial charge in [-0.05, 0) is 18.9 Å². The molecule has 2 nitrogen and oxygen atoms in total. The van der Waals surface area contributed by atoms with E-state index in [-0.39, 0.29) is 0 Å². The molecule has 0 N–H and O–H groups in total. The molecule has 0 bridgehead atoms. The first-order chi connectivity index (χ1) is 8.43. The van der Waals surface area contributed by atoms with Gasteiger partial charge in [-0.15, -0.1) is 0 Å². The Morgan fingerprint density at radius 3 is 2.41 bits per heavy atom. The van der Waals surface area contributed by atoms with Crippen LogP contribution in [0.5, 0.6) is 0 Å². The second-order valence-corrected chi connectivity index (χ2v) is 4.73. The van der Waals surface area contributed by atoms with Crippen LogP contribution in [-0.2, 0) is 4.74 Å². The highest BCUT2D eigenvalue weighted by molar-refractivity contribution is 5.88. The molecule has 0 aliphatic carbocycles. The quantitative estimate of drug-likeness (QED) is 0.513. The summed E-state index contributed by atoms with van der Waals surface area (Å²) < 4.78 is 5.30. The molecule has 0 saturated carbocycles. The van der Waals surface area contributed by atoms with Gasteiger partial charge in [0, 0.05) is 0 Å². The predicted octanol–water partition coefficient (Wildman–Crippen LogP) is 4.50. The van der Waals surface area contributed by atoms with Gasteiger partial charge in [0.2, 0.25) is 5.90 Å². The second kappa shape index (κ2) is 10.4. The third-order valence-corrected chi connectivity index (χ3v) is 3.09. The summed E-state index contributed by atoms with van der Waals surface area (Å²) in [5.41, 5.74) is 0. The van der Waals surface area contributed by atoms with Crippen LogP contribution in [0.2, 0.25) is 0 Å². The normalized spacial score (nSPS) is 15.2. The van der Waals surface area contributed by atoms with Gasteiger partial charge in [-0.2, -0.15) is 0 Å². The van der Waals surface area contributed by atoms with Crippen molar-refractivity contribution in [1.29, 1.82) is 0 Å². The minimum absolute atomic E-state index is 0.761. The smallest absolute Gasteiger partial charge is 0.208 e. The van der Waals surface area contributed by atoms with Crippen LogP contribution in [-0.4, -0.2) is 19.0 Å². The van der Waals surface area contributed by atoms with Crippen LogP contribution >= 0.6 is 0 Å². The van der Waals surface area contributed by atoms with Crippen LogP contribution in [0.3, 0.4) is 0 Å². The van der Waals surface area contributed by atoms with Gasteiger partial charge in [0.25, 0.3) is 0 Å². The van der Waals surface area contributed by atoms with Gasteiger partial charge in [-0.25, -0.2) is 4.99 Å². The minimum atomic E-state index is 0.761. The number of aliphatic imine (C=N–C) groups is 1. The predicted molar refractivity (Wildman–Crippen MR) is 74.6 cm³/mol. The van der Waals surface area contributed by atoms with E-state index in [0.717, 1.165) is 25.5 Å². The van der Waals surface area contributed by atoms with E-state index < -0.39 is 0 Å². The van der Waals surface area contributed by atoms with Crippen LogP contribution in [0.15, 0.2) is 17.1 Å². The number of hydrogen-bond donors (Lipinski definition) is 0. The third-order valence-electron chi connectivity index (χ3n) is 3.09. The van der Waals surface area contributed by atoms with Crippen LogP contribution in [0.25, 0.3) is 0 Å². The van der Waals surface area contributed by atoms with Crippen LogP contribution in [0.4, 0.5) is 0 Å². The lowest BCUT2D eigenvalue weighted by Gasteiger charge is -1.99. The summed E-state index contributed by atoms with van der Waals surface area (Å²) in [7, 11) is 0. The van der Waals surface area contributed by atoms with Crippen molar-refractivity contribution < 1.29 is 4.74 Å². The maximum atomic E-state index is 5.30. The maximum Gasteiger partial charge on any atom is 0.208 e. The van der Waals surface area contributed by atoms with Crippen molar-refractivity contribution in [3.63, 3.8) is 0 Å². The zero-order valence-electron chi connectivity index (χ0n) is 11.3. The fraction of sp³-hybridized carbons (Fsp3) is 0.800. The van der Waals surface area contributed by atoms with E-state index in [0.29, 0.717) is 0 Å². The molecule has 1 aliphatic rings. The fourth-order valence-electron chi connectivity index (χ4n) is 2.03. The van der Waals surface area contributed by atoms with Gasteiger partial charge >= 0.3 is 0 Å². The van der Waals surface area contributed by atoms with Crippen molar-refractivity contribution >= 4 is 5.90 Å². The van der Waals surface area contributed by atoms with E-state index in [1.165, 1.54) is 51.4 Å². The summed E-state index contributed by atoms with van der Waals surface area (Å²) in [4.78, 5) is 4.22. The summed E-state index contributed by atoms with van der Waals surface area (Å²) in [6.45, 7) is 3.86. The molecule has 0 aromatic rings. The molecule has 0 spiro atoms. The Hall–Kier alpha value is -0.790. The average Bonchev–Trinajstić information content (AvgIpc) is 2.85. The Bertz CT molecular complexity index is 233. The summed E-state index contributed by atoms with van der Waals surface area (Å²) in [6, 6.07) is 0. The Balaban J connectivity index is 1.81. The topological polar surface area (TPSA) is 21.6 Å². The van der Waals surface area contributed by atoms with Gasteiger partial charge in [0.15, 0.2) is 0 Å². The number of nitrogens with zero attached hydrogens (tertiary/aromatic N) is 1. The van der Waals surface area contributed by atoms with E-state index >= 15 is 0 Å². The summed E-state index contributed by atoms with van der Waals surface area (Å²) in [5, 5.41) is 0. The van der Waals surface area contributed by atoms with Gasteiger partial charge in [-0.3, -0.25) is 0 Å². The van der Waals surface area contributed by atoms with Crippen molar-refractivity contribution in [2.24, 2.45) is 4.99 Å². The molecule has 2 heteroatoms. The molecule has 17 heavy (non-hydrogen) atoms.